The van der Waals surface area contributed by atoms with Gasteiger partial charge in [0.25, 0.3) is 5.69 Å². The number of rotatable bonds is 4. The van der Waals surface area contributed by atoms with E-state index in [9.17, 15) is 15.2 Å². The van der Waals surface area contributed by atoms with Crippen LogP contribution in [-0.4, -0.2) is 10.0 Å². The lowest BCUT2D eigenvalue weighted by Gasteiger charge is -2.09. The smallest absolute Gasteiger partial charge is 0.288 e. The van der Waals surface area contributed by atoms with Gasteiger partial charge in [-0.25, -0.2) is 0 Å². The lowest BCUT2D eigenvalue weighted by molar-refractivity contribution is -0.384. The minimum absolute atomic E-state index is 0.0512. The van der Waals surface area contributed by atoms with Crippen molar-refractivity contribution in [3.8, 4) is 5.75 Å². The maximum atomic E-state index is 10.6. The van der Waals surface area contributed by atoms with Crippen LogP contribution in [0.2, 0.25) is 10.0 Å². The normalized spacial score (nSPS) is 10.3. The molecule has 0 unspecified atom stereocenters. The summed E-state index contributed by atoms with van der Waals surface area (Å²) in [6.45, 7) is 0.320. The molecule has 0 aliphatic carbocycles. The number of nitro benzene ring substituents is 1. The Bertz CT molecular complexity index is 662. The first-order valence-electron chi connectivity index (χ1n) is 5.62. The van der Waals surface area contributed by atoms with Crippen molar-refractivity contribution in [2.75, 3.05) is 5.32 Å². The molecule has 0 saturated carbocycles. The Labute approximate surface area is 124 Å². The highest BCUT2D eigenvalue weighted by molar-refractivity contribution is 6.33. The van der Waals surface area contributed by atoms with Crippen molar-refractivity contribution < 1.29 is 10.0 Å². The minimum atomic E-state index is -0.547. The number of phenolic OH excluding ortho intramolecular Hbond substituents is 1. The molecule has 7 heteroatoms. The van der Waals surface area contributed by atoms with Gasteiger partial charge in [0.2, 0.25) is 0 Å². The maximum absolute atomic E-state index is 10.6. The van der Waals surface area contributed by atoms with Gasteiger partial charge < -0.3 is 10.4 Å². The van der Waals surface area contributed by atoms with Crippen LogP contribution in [0.4, 0.5) is 11.4 Å². The number of phenols is 1. The summed E-state index contributed by atoms with van der Waals surface area (Å²) in [6.07, 6.45) is 0. The SMILES string of the molecule is O=[N+]([O-])c1ccc(NCc2cc(Cl)ccc2O)cc1Cl. The molecule has 0 radical (unpaired) electrons. The molecule has 2 rings (SSSR count). The summed E-state index contributed by atoms with van der Waals surface area (Å²) in [5.41, 5.74) is 1.08. The van der Waals surface area contributed by atoms with Crippen molar-refractivity contribution in [1.29, 1.82) is 0 Å². The van der Waals surface area contributed by atoms with E-state index in [0.717, 1.165) is 0 Å². The second kappa shape index (κ2) is 5.98. The molecule has 104 valence electrons. The van der Waals surface area contributed by atoms with Crippen LogP contribution >= 0.6 is 23.2 Å². The summed E-state index contributed by atoms with van der Waals surface area (Å²) in [5, 5.41) is 23.9. The van der Waals surface area contributed by atoms with Crippen LogP contribution in [0.25, 0.3) is 0 Å². The van der Waals surface area contributed by atoms with E-state index in [0.29, 0.717) is 22.8 Å². The number of anilines is 1. The highest BCUT2D eigenvalue weighted by Crippen LogP contribution is 2.28. The molecule has 5 nitrogen and oxygen atoms in total. The third kappa shape index (κ3) is 3.31. The average Bonchev–Trinajstić information content (AvgIpc) is 2.39. The molecule has 0 amide bonds. The first-order chi connectivity index (χ1) is 9.47. The fourth-order valence-electron chi connectivity index (χ4n) is 1.66. The first kappa shape index (κ1) is 14.4. The van der Waals surface area contributed by atoms with Gasteiger partial charge in [-0.3, -0.25) is 10.1 Å². The third-order valence-electron chi connectivity index (χ3n) is 2.67. The predicted octanol–water partition coefficient (Wildman–Crippen LogP) is 4.22. The van der Waals surface area contributed by atoms with E-state index < -0.39 is 4.92 Å². The van der Waals surface area contributed by atoms with Crippen molar-refractivity contribution in [3.05, 3.63) is 62.1 Å². The number of halogens is 2. The summed E-state index contributed by atoms with van der Waals surface area (Å²) >= 11 is 11.7. The predicted molar refractivity (Wildman–Crippen MR) is 78.5 cm³/mol. The molecule has 0 atom stereocenters. The molecule has 0 bridgehead atoms. The Morgan fingerprint density at radius 2 is 1.95 bits per heavy atom. The molecule has 0 heterocycles. The molecule has 0 spiro atoms. The van der Waals surface area contributed by atoms with Gasteiger partial charge in [0.15, 0.2) is 0 Å². The quantitative estimate of drug-likeness (QED) is 0.654. The second-order valence-corrected chi connectivity index (χ2v) is 4.89. The van der Waals surface area contributed by atoms with Gasteiger partial charge in [-0.15, -0.1) is 0 Å². The second-order valence-electron chi connectivity index (χ2n) is 4.05. The Hall–Kier alpha value is -1.98. The molecule has 0 fully saturated rings. The van der Waals surface area contributed by atoms with Crippen molar-refractivity contribution >= 4 is 34.6 Å². The Kier molecular flexibility index (Phi) is 4.32. The van der Waals surface area contributed by atoms with Crippen LogP contribution in [-0.2, 0) is 6.54 Å². The van der Waals surface area contributed by atoms with Gasteiger partial charge in [0, 0.05) is 28.9 Å². The van der Waals surface area contributed by atoms with E-state index >= 15 is 0 Å². The van der Waals surface area contributed by atoms with Crippen LogP contribution in [0, 0.1) is 10.1 Å². The van der Waals surface area contributed by atoms with Gasteiger partial charge in [-0.1, -0.05) is 23.2 Å². The van der Waals surface area contributed by atoms with E-state index in [1.165, 1.54) is 18.2 Å². The number of benzene rings is 2. The Morgan fingerprint density at radius 1 is 1.20 bits per heavy atom. The zero-order chi connectivity index (χ0) is 14.7. The van der Waals surface area contributed by atoms with Gasteiger partial charge >= 0.3 is 0 Å². The molecular weight excluding hydrogens is 303 g/mol. The van der Waals surface area contributed by atoms with E-state index in [1.54, 1.807) is 18.2 Å². The van der Waals surface area contributed by atoms with Crippen molar-refractivity contribution in [2.24, 2.45) is 0 Å². The number of hydrogen-bond donors (Lipinski definition) is 2. The average molecular weight is 313 g/mol. The number of nitro groups is 1. The first-order valence-corrected chi connectivity index (χ1v) is 6.38. The maximum Gasteiger partial charge on any atom is 0.288 e. The van der Waals surface area contributed by atoms with Gasteiger partial charge in [0.1, 0.15) is 10.8 Å². The van der Waals surface area contributed by atoms with Crippen molar-refractivity contribution in [1.82, 2.24) is 0 Å². The molecular formula is C13H10Cl2N2O3. The summed E-state index contributed by atoms with van der Waals surface area (Å²) in [4.78, 5) is 10.1. The highest BCUT2D eigenvalue weighted by Gasteiger charge is 2.12. The largest absolute Gasteiger partial charge is 0.508 e. The number of nitrogens with one attached hydrogen (secondary N) is 1. The van der Waals surface area contributed by atoms with Crippen LogP contribution in [0.1, 0.15) is 5.56 Å². The molecule has 20 heavy (non-hydrogen) atoms. The number of hydrogen-bond acceptors (Lipinski definition) is 4. The molecule has 2 aromatic carbocycles. The summed E-state index contributed by atoms with van der Waals surface area (Å²) in [5.74, 6) is 0.120. The fourth-order valence-corrected chi connectivity index (χ4v) is 2.10. The standard InChI is InChI=1S/C13H10Cl2N2O3/c14-9-1-4-13(18)8(5-9)7-16-10-2-3-12(17(19)20)11(15)6-10/h1-6,16,18H,7H2. The Morgan fingerprint density at radius 3 is 2.60 bits per heavy atom. The monoisotopic (exact) mass is 312 g/mol. The lowest BCUT2D eigenvalue weighted by atomic mass is 10.2. The molecule has 2 N–H and O–H groups in total. The van der Waals surface area contributed by atoms with Crippen molar-refractivity contribution in [2.45, 2.75) is 6.54 Å². The minimum Gasteiger partial charge on any atom is -0.508 e. The molecule has 0 aliphatic rings. The molecule has 0 saturated heterocycles. The van der Waals surface area contributed by atoms with Crippen molar-refractivity contribution in [3.63, 3.8) is 0 Å². The van der Waals surface area contributed by atoms with Crippen LogP contribution in [0.5, 0.6) is 5.75 Å². The van der Waals surface area contributed by atoms with Gasteiger partial charge in [-0.05, 0) is 30.3 Å². The van der Waals surface area contributed by atoms with E-state index in [4.69, 9.17) is 23.2 Å². The summed E-state index contributed by atoms with van der Waals surface area (Å²) < 4.78 is 0. The molecule has 0 aliphatic heterocycles. The summed E-state index contributed by atoms with van der Waals surface area (Å²) in [6, 6.07) is 9.05. The van der Waals surface area contributed by atoms with Crippen LogP contribution in [0.15, 0.2) is 36.4 Å². The third-order valence-corrected chi connectivity index (χ3v) is 3.21. The Balaban J connectivity index is 2.13. The lowest BCUT2D eigenvalue weighted by Crippen LogP contribution is -2.00. The fraction of sp³-hybridized carbons (Fsp3) is 0.0769. The van der Waals surface area contributed by atoms with E-state index in [-0.39, 0.29) is 16.5 Å². The summed E-state index contributed by atoms with van der Waals surface area (Å²) in [7, 11) is 0. The topological polar surface area (TPSA) is 75.4 Å². The molecule has 2 aromatic rings. The zero-order valence-corrected chi connectivity index (χ0v) is 11.6. The number of nitrogens with zero attached hydrogens (tertiary/aromatic N) is 1. The molecule has 0 aromatic heterocycles. The van der Waals surface area contributed by atoms with E-state index in [1.807, 2.05) is 0 Å². The van der Waals surface area contributed by atoms with Crippen LogP contribution in [0.3, 0.4) is 0 Å². The number of aromatic hydroxyl groups is 1. The van der Waals surface area contributed by atoms with Gasteiger partial charge in [0.05, 0.1) is 4.92 Å². The van der Waals surface area contributed by atoms with E-state index in [2.05, 4.69) is 5.32 Å². The highest BCUT2D eigenvalue weighted by atomic mass is 35.5. The van der Waals surface area contributed by atoms with Crippen LogP contribution < -0.4 is 5.32 Å². The zero-order valence-electron chi connectivity index (χ0n) is 10.1. The van der Waals surface area contributed by atoms with Gasteiger partial charge in [-0.2, -0.15) is 0 Å².